The minimum atomic E-state index is -1.08. The van der Waals surface area contributed by atoms with Crippen molar-refractivity contribution in [3.63, 3.8) is 0 Å². The molecule has 0 fully saturated rings. The maximum absolute atomic E-state index is 9.88. The Balaban J connectivity index is 4.67. The van der Waals surface area contributed by atoms with Crippen LogP contribution in [-0.4, -0.2) is 21.2 Å². The molecule has 0 aliphatic heterocycles. The summed E-state index contributed by atoms with van der Waals surface area (Å²) in [4.78, 5) is 12.1. The van der Waals surface area contributed by atoms with Gasteiger partial charge in [0.2, 0.25) is 6.19 Å². The second-order valence-electron chi connectivity index (χ2n) is 1.63. The molecule has 0 rings (SSSR count). The molecule has 0 saturated carbocycles. The standard InChI is InChI=1S/C2H4N10O2/c3-1-10(6)11(9-8-5)2(4)7-12(13)14/h6H2,(H2,4,7). The van der Waals surface area contributed by atoms with Gasteiger partial charge in [-0.15, -0.1) is 5.53 Å². The molecule has 0 aromatic carbocycles. The van der Waals surface area contributed by atoms with Crippen molar-refractivity contribution in [3.8, 4) is 6.19 Å². The molecule has 4 N–H and O–H groups in total. The van der Waals surface area contributed by atoms with Crippen LogP contribution in [0.1, 0.15) is 0 Å². The molecule has 12 nitrogen and oxygen atoms in total. The third kappa shape index (κ3) is 3.09. The molecular weight excluding hydrogens is 196 g/mol. The van der Waals surface area contributed by atoms with E-state index in [1.165, 1.54) is 11.6 Å². The van der Waals surface area contributed by atoms with Gasteiger partial charge in [-0.25, -0.2) is 15.5 Å². The largest absolute Gasteiger partial charge is 0.375 e. The molecule has 0 heterocycles. The number of nitrogens with zero attached hydrogens (tertiary/aromatic N) is 7. The fourth-order valence-electron chi connectivity index (χ4n) is 0.407. The van der Waals surface area contributed by atoms with Gasteiger partial charge in [-0.2, -0.15) is 16.0 Å². The van der Waals surface area contributed by atoms with Crippen LogP contribution in [0.4, 0.5) is 0 Å². The SMILES string of the molecule is N#CN(N)N(N=[N+]=[N-])C(=N)N[N+](=O)[O-]. The highest BCUT2D eigenvalue weighted by molar-refractivity contribution is 5.74. The normalized spacial score (nSPS) is 7.71. The smallest absolute Gasteiger partial charge is 0.240 e. The number of hydrazine groups is 3. The molecular formula is C2H4N10O2. The quantitative estimate of drug-likeness (QED) is 0.0487. The molecule has 0 spiro atoms. The predicted molar refractivity (Wildman–Crippen MR) is 40.5 cm³/mol. The van der Waals surface area contributed by atoms with Gasteiger partial charge in [-0.3, -0.25) is 0 Å². The van der Waals surface area contributed by atoms with E-state index in [4.69, 9.17) is 22.0 Å². The van der Waals surface area contributed by atoms with Crippen LogP contribution in [0.3, 0.4) is 0 Å². The van der Waals surface area contributed by atoms with E-state index in [1.54, 1.807) is 0 Å². The molecule has 0 aliphatic rings. The first-order chi connectivity index (χ1) is 6.52. The maximum Gasteiger partial charge on any atom is 0.375 e. The van der Waals surface area contributed by atoms with Crippen LogP contribution in [0.25, 0.3) is 10.4 Å². The highest BCUT2D eigenvalue weighted by Gasteiger charge is 2.22. The van der Waals surface area contributed by atoms with Crippen molar-refractivity contribution >= 4 is 5.96 Å². The van der Waals surface area contributed by atoms with Crippen molar-refractivity contribution in [1.82, 2.24) is 15.7 Å². The van der Waals surface area contributed by atoms with Gasteiger partial charge in [0.15, 0.2) is 5.03 Å². The number of guanidine groups is 1. The number of hydrogen-bond donors (Lipinski definition) is 3. The number of azide groups is 1. The second kappa shape index (κ2) is 4.98. The van der Waals surface area contributed by atoms with Gasteiger partial charge in [0.1, 0.15) is 0 Å². The van der Waals surface area contributed by atoms with Gasteiger partial charge in [-0.05, 0) is 10.5 Å². The van der Waals surface area contributed by atoms with Crippen molar-refractivity contribution in [2.24, 2.45) is 11.1 Å². The van der Waals surface area contributed by atoms with E-state index in [0.29, 0.717) is 0 Å². The summed E-state index contributed by atoms with van der Waals surface area (Å²) in [5, 5.41) is 27.0. The minimum Gasteiger partial charge on any atom is -0.240 e. The van der Waals surface area contributed by atoms with E-state index in [-0.39, 0.29) is 10.2 Å². The van der Waals surface area contributed by atoms with Crippen LogP contribution in [0.5, 0.6) is 0 Å². The van der Waals surface area contributed by atoms with Crippen LogP contribution < -0.4 is 11.3 Å². The predicted octanol–water partition coefficient (Wildman–Crippen LogP) is -1.20. The lowest BCUT2D eigenvalue weighted by molar-refractivity contribution is -0.527. The van der Waals surface area contributed by atoms with E-state index in [9.17, 15) is 10.1 Å². The Morgan fingerprint density at radius 1 is 1.93 bits per heavy atom. The molecule has 74 valence electrons. The molecule has 0 bridgehead atoms. The highest BCUT2D eigenvalue weighted by Crippen LogP contribution is 1.91. The topological polar surface area (TPSA) is 184 Å². The molecule has 0 saturated heterocycles. The van der Waals surface area contributed by atoms with Crippen LogP contribution in [0.15, 0.2) is 5.22 Å². The number of nitriles is 1. The number of nitrogens with one attached hydrogen (secondary N) is 2. The summed E-state index contributed by atoms with van der Waals surface area (Å²) in [5.74, 6) is 3.93. The Morgan fingerprint density at radius 2 is 2.50 bits per heavy atom. The minimum absolute atomic E-state index is 0.137. The second-order valence-corrected chi connectivity index (χ2v) is 1.63. The van der Waals surface area contributed by atoms with Gasteiger partial charge in [0.05, 0.1) is 0 Å². The summed E-state index contributed by atoms with van der Waals surface area (Å²) in [6, 6.07) is 0. The molecule has 0 aromatic heterocycles. The summed E-state index contributed by atoms with van der Waals surface area (Å²) in [6.45, 7) is 0. The zero-order chi connectivity index (χ0) is 11.1. The molecule has 0 aliphatic carbocycles. The van der Waals surface area contributed by atoms with Gasteiger partial charge in [0.25, 0.3) is 0 Å². The monoisotopic (exact) mass is 200 g/mol. The molecule has 0 amide bonds. The van der Waals surface area contributed by atoms with Crippen molar-refractivity contribution in [2.45, 2.75) is 0 Å². The Bertz CT molecular complexity index is 322. The summed E-state index contributed by atoms with van der Waals surface area (Å²) in [5.41, 5.74) is 9.33. The van der Waals surface area contributed by atoms with E-state index in [0.717, 1.165) is 0 Å². The lowest BCUT2D eigenvalue weighted by Gasteiger charge is -2.13. The molecule has 0 radical (unpaired) electrons. The van der Waals surface area contributed by atoms with Crippen molar-refractivity contribution in [1.29, 1.82) is 10.7 Å². The lowest BCUT2D eigenvalue weighted by atomic mass is 11.0. The summed E-state index contributed by atoms with van der Waals surface area (Å²) < 4.78 is 0. The Labute approximate surface area is 76.3 Å². The Morgan fingerprint density at radius 3 is 2.86 bits per heavy atom. The van der Waals surface area contributed by atoms with Crippen molar-refractivity contribution < 1.29 is 5.03 Å². The van der Waals surface area contributed by atoms with E-state index in [1.807, 2.05) is 0 Å². The first kappa shape index (κ1) is 11.2. The van der Waals surface area contributed by atoms with Gasteiger partial charge in [-0.1, -0.05) is 5.12 Å². The summed E-state index contributed by atoms with van der Waals surface area (Å²) in [6.07, 6.45) is 1.27. The first-order valence-corrected chi connectivity index (χ1v) is 2.82. The molecule has 14 heavy (non-hydrogen) atoms. The number of nitro groups is 1. The third-order valence-corrected chi connectivity index (χ3v) is 0.828. The Kier molecular flexibility index (Phi) is 3.99. The van der Waals surface area contributed by atoms with Crippen LogP contribution in [0, 0.1) is 27.0 Å². The fraction of sp³-hybridized carbons (Fsp3) is 0. The Hall–Kier alpha value is -2.77. The van der Waals surface area contributed by atoms with Gasteiger partial charge in [0, 0.05) is 5.22 Å². The van der Waals surface area contributed by atoms with Gasteiger partial charge < -0.3 is 0 Å². The lowest BCUT2D eigenvalue weighted by Crippen LogP contribution is -2.50. The van der Waals surface area contributed by atoms with Crippen molar-refractivity contribution in [2.75, 3.05) is 0 Å². The average Bonchev–Trinajstić information content (AvgIpc) is 2.11. The van der Waals surface area contributed by atoms with Crippen LogP contribution >= 0.6 is 0 Å². The first-order valence-electron chi connectivity index (χ1n) is 2.82. The highest BCUT2D eigenvalue weighted by atomic mass is 16.7. The zero-order valence-corrected chi connectivity index (χ0v) is 6.52. The molecule has 0 aromatic rings. The molecule has 0 unspecified atom stereocenters. The molecule has 0 atom stereocenters. The van der Waals surface area contributed by atoms with Crippen LogP contribution in [-0.2, 0) is 0 Å². The van der Waals surface area contributed by atoms with E-state index < -0.39 is 11.0 Å². The molecule has 12 heteroatoms. The number of hydrogen-bond acceptors (Lipinski definition) is 7. The van der Waals surface area contributed by atoms with E-state index in [2.05, 4.69) is 10.1 Å². The third-order valence-electron chi connectivity index (χ3n) is 0.828. The maximum atomic E-state index is 9.88. The van der Waals surface area contributed by atoms with E-state index >= 15 is 0 Å². The summed E-state index contributed by atoms with van der Waals surface area (Å²) >= 11 is 0. The fourth-order valence-corrected chi connectivity index (χ4v) is 0.407. The summed E-state index contributed by atoms with van der Waals surface area (Å²) in [7, 11) is 0. The number of rotatable bonds is 3. The van der Waals surface area contributed by atoms with Gasteiger partial charge >= 0.3 is 5.96 Å². The number of nitrogens with two attached hydrogens (primary N) is 1. The van der Waals surface area contributed by atoms with Crippen LogP contribution in [0.2, 0.25) is 0 Å². The zero-order valence-electron chi connectivity index (χ0n) is 6.52. The van der Waals surface area contributed by atoms with Crippen molar-refractivity contribution in [3.05, 3.63) is 20.6 Å². The average molecular weight is 200 g/mol.